The van der Waals surface area contributed by atoms with Crippen LogP contribution in [0.25, 0.3) is 0 Å². The van der Waals surface area contributed by atoms with Gasteiger partial charge in [0.15, 0.2) is 0 Å². The van der Waals surface area contributed by atoms with Crippen molar-refractivity contribution < 1.29 is 9.84 Å². The zero-order chi connectivity index (χ0) is 26.5. The van der Waals surface area contributed by atoms with E-state index in [9.17, 15) is 14.7 Å². The van der Waals surface area contributed by atoms with Crippen LogP contribution < -0.4 is 31.5 Å². The molecule has 2 atom stereocenters. The number of unbranched alkanes of at least 4 members (excludes halogenated alkanes) is 5. The lowest BCUT2D eigenvalue weighted by Gasteiger charge is -2.18. The van der Waals surface area contributed by atoms with Crippen molar-refractivity contribution in [3.8, 4) is 5.75 Å². The molecule has 0 heterocycles. The molecule has 0 aliphatic carbocycles. The number of rotatable bonds is 18. The highest BCUT2D eigenvalue weighted by Crippen LogP contribution is 2.21. The fourth-order valence-electron chi connectivity index (χ4n) is 4.20. The van der Waals surface area contributed by atoms with Gasteiger partial charge in [-0.05, 0) is 49.6 Å². The van der Waals surface area contributed by atoms with Crippen LogP contribution in [-0.4, -0.2) is 36.9 Å². The Bertz CT molecular complexity index is 1120. The van der Waals surface area contributed by atoms with Crippen molar-refractivity contribution in [3.63, 3.8) is 0 Å². The van der Waals surface area contributed by atoms with Gasteiger partial charge in [-0.25, -0.2) is 0 Å². The fourth-order valence-corrected chi connectivity index (χ4v) is 4.20. The van der Waals surface area contributed by atoms with Crippen molar-refractivity contribution in [2.75, 3.05) is 30.3 Å². The number of anilines is 3. The van der Waals surface area contributed by atoms with Crippen molar-refractivity contribution in [1.82, 2.24) is 5.32 Å². The zero-order valence-corrected chi connectivity index (χ0v) is 22.1. The largest absolute Gasteiger partial charge is 0.491 e. The van der Waals surface area contributed by atoms with Gasteiger partial charge in [0.05, 0.1) is 0 Å². The summed E-state index contributed by atoms with van der Waals surface area (Å²) in [5.41, 5.74) is 1.74. The van der Waals surface area contributed by atoms with Crippen LogP contribution in [0.3, 0.4) is 0 Å². The van der Waals surface area contributed by atoms with Gasteiger partial charge in [0.25, 0.3) is 10.9 Å². The first-order valence-electron chi connectivity index (χ1n) is 13.5. The summed E-state index contributed by atoms with van der Waals surface area (Å²) in [7, 11) is 0. The van der Waals surface area contributed by atoms with Gasteiger partial charge in [-0.2, -0.15) is 0 Å². The Morgan fingerprint density at radius 2 is 1.54 bits per heavy atom. The second kappa shape index (κ2) is 15.2. The summed E-state index contributed by atoms with van der Waals surface area (Å²) in [4.78, 5) is 24.1. The predicted octanol–water partition coefficient (Wildman–Crippen LogP) is 4.76. The Kier molecular flexibility index (Phi) is 11.7. The lowest BCUT2D eigenvalue weighted by molar-refractivity contribution is 0.104. The van der Waals surface area contributed by atoms with Crippen LogP contribution in [0.5, 0.6) is 5.75 Å². The number of para-hydroxylation sites is 1. The van der Waals surface area contributed by atoms with Crippen molar-refractivity contribution in [3.05, 3.63) is 80.6 Å². The fraction of sp³-hybridized carbons (Fsp3) is 0.467. The molecule has 3 rings (SSSR count). The number of hydrogen-bond acceptors (Lipinski definition) is 7. The van der Waals surface area contributed by atoms with E-state index >= 15 is 0 Å². The Morgan fingerprint density at radius 1 is 0.865 bits per heavy atom. The number of benzene rings is 2. The van der Waals surface area contributed by atoms with E-state index in [1.165, 1.54) is 25.7 Å². The van der Waals surface area contributed by atoms with E-state index in [0.717, 1.165) is 36.3 Å². The number of nitrogens with one attached hydrogen (secondary N) is 3. The summed E-state index contributed by atoms with van der Waals surface area (Å²) in [5, 5.41) is 19.8. The Labute approximate surface area is 220 Å². The first-order valence-corrected chi connectivity index (χ1v) is 13.5. The number of hydrogen-bond donors (Lipinski definition) is 4. The molecule has 0 bridgehead atoms. The molecule has 0 saturated carbocycles. The van der Waals surface area contributed by atoms with Gasteiger partial charge in [0.1, 0.15) is 29.8 Å². The maximum Gasteiger partial charge on any atom is 0.253 e. The summed E-state index contributed by atoms with van der Waals surface area (Å²) in [5.74, 6) is 0.743. The van der Waals surface area contributed by atoms with E-state index in [1.807, 2.05) is 54.6 Å². The molecular formula is C30H41N3O4. The number of ether oxygens (including phenoxy) is 1. The molecule has 3 aromatic carbocycles. The summed E-state index contributed by atoms with van der Waals surface area (Å²) in [6.07, 6.45) is 7.24. The Hall–Kier alpha value is -3.16. The molecule has 0 aliphatic rings. The molecular weight excluding hydrogens is 466 g/mol. The van der Waals surface area contributed by atoms with Crippen LogP contribution in [0.4, 0.5) is 17.1 Å². The summed E-state index contributed by atoms with van der Waals surface area (Å²) >= 11 is 0. The second-order valence-electron chi connectivity index (χ2n) is 9.72. The van der Waals surface area contributed by atoms with E-state index in [4.69, 9.17) is 4.74 Å². The molecule has 0 saturated heterocycles. The summed E-state index contributed by atoms with van der Waals surface area (Å²) in [6, 6.07) is 17.5. The van der Waals surface area contributed by atoms with Gasteiger partial charge in [-0.1, -0.05) is 69.4 Å². The summed E-state index contributed by atoms with van der Waals surface area (Å²) < 4.78 is 5.59. The molecule has 3 aromatic rings. The summed E-state index contributed by atoms with van der Waals surface area (Å²) in [6.45, 7) is 5.64. The van der Waals surface area contributed by atoms with Crippen molar-refractivity contribution in [1.29, 1.82) is 0 Å². The van der Waals surface area contributed by atoms with Crippen LogP contribution in [0.2, 0.25) is 0 Å². The van der Waals surface area contributed by atoms with Gasteiger partial charge in [-0.15, -0.1) is 0 Å². The highest BCUT2D eigenvalue weighted by atomic mass is 16.5. The van der Waals surface area contributed by atoms with Crippen LogP contribution in [-0.2, 0) is 6.42 Å². The van der Waals surface area contributed by atoms with Crippen LogP contribution >= 0.6 is 0 Å². The monoisotopic (exact) mass is 507 g/mol. The topological polar surface area (TPSA) is 99.7 Å². The van der Waals surface area contributed by atoms with Crippen LogP contribution in [0.15, 0.2) is 64.2 Å². The van der Waals surface area contributed by atoms with Crippen molar-refractivity contribution in [2.24, 2.45) is 0 Å². The third-order valence-corrected chi connectivity index (χ3v) is 6.40. The molecule has 0 aliphatic heterocycles. The van der Waals surface area contributed by atoms with E-state index in [1.54, 1.807) is 0 Å². The first-order chi connectivity index (χ1) is 18.0. The smallest absolute Gasteiger partial charge is 0.253 e. The Balaban J connectivity index is 1.39. The average molecular weight is 508 g/mol. The van der Waals surface area contributed by atoms with Crippen molar-refractivity contribution in [2.45, 2.75) is 70.9 Å². The van der Waals surface area contributed by atoms with E-state index < -0.39 is 17.0 Å². The Morgan fingerprint density at radius 3 is 2.27 bits per heavy atom. The molecule has 7 nitrogen and oxygen atoms in total. The van der Waals surface area contributed by atoms with E-state index in [2.05, 4.69) is 29.8 Å². The van der Waals surface area contributed by atoms with Gasteiger partial charge in [-0.3, -0.25) is 9.59 Å². The van der Waals surface area contributed by atoms with Gasteiger partial charge >= 0.3 is 0 Å². The quantitative estimate of drug-likeness (QED) is 0.146. The number of aliphatic hydroxyl groups is 1. The maximum atomic E-state index is 12.1. The molecule has 4 N–H and O–H groups in total. The van der Waals surface area contributed by atoms with Gasteiger partial charge < -0.3 is 25.8 Å². The molecule has 0 fully saturated rings. The number of aliphatic hydroxyl groups excluding tert-OH is 1. The zero-order valence-electron chi connectivity index (χ0n) is 22.1. The minimum absolute atomic E-state index is 0.163. The highest BCUT2D eigenvalue weighted by Gasteiger charge is 2.20. The minimum Gasteiger partial charge on any atom is -0.491 e. The molecule has 7 heteroatoms. The third-order valence-electron chi connectivity index (χ3n) is 6.40. The second-order valence-corrected chi connectivity index (χ2v) is 9.72. The normalized spacial score (nSPS) is 12.8. The molecule has 0 amide bonds. The lowest BCUT2D eigenvalue weighted by atomic mass is 10.1. The molecule has 0 spiro atoms. The third kappa shape index (κ3) is 9.34. The van der Waals surface area contributed by atoms with Gasteiger partial charge in [0, 0.05) is 24.8 Å². The maximum absolute atomic E-state index is 12.1. The SMILES string of the molecule is CCCCCCCCNc1c(Nc2ccc(CC(C)NC[C@H](O)COc3ccccc3)cc2)c(=O)c1=O. The average Bonchev–Trinajstić information content (AvgIpc) is 2.92. The van der Waals surface area contributed by atoms with Crippen molar-refractivity contribution >= 4 is 17.1 Å². The van der Waals surface area contributed by atoms with E-state index in [-0.39, 0.29) is 12.6 Å². The molecule has 0 aromatic heterocycles. The molecule has 200 valence electrons. The van der Waals surface area contributed by atoms with Crippen LogP contribution in [0, 0.1) is 0 Å². The molecule has 1 unspecified atom stereocenters. The standard InChI is InChI=1S/C30H41N3O4/c1-3-4-5-6-7-11-18-31-27-28(30(36)29(27)35)33-24-16-14-23(15-17-24)19-22(2)32-20-25(34)21-37-26-12-9-8-10-13-26/h8-10,12-17,22,25,31-34H,3-7,11,18-21H2,1-2H3/t22?,25-/m0/s1. The van der Waals surface area contributed by atoms with Gasteiger partial charge in [0.2, 0.25) is 0 Å². The minimum atomic E-state index is -0.603. The lowest BCUT2D eigenvalue weighted by Crippen LogP contribution is -2.37. The van der Waals surface area contributed by atoms with Crippen LogP contribution in [0.1, 0.15) is 57.9 Å². The first kappa shape index (κ1) is 28.4. The molecule has 0 radical (unpaired) electrons. The predicted molar refractivity (Wildman–Crippen MR) is 152 cm³/mol. The highest BCUT2D eigenvalue weighted by molar-refractivity contribution is 5.78. The molecule has 37 heavy (non-hydrogen) atoms. The van der Waals surface area contributed by atoms with E-state index in [0.29, 0.717) is 24.5 Å².